The van der Waals surface area contributed by atoms with Gasteiger partial charge in [0.25, 0.3) is 0 Å². The first-order valence-electron chi connectivity index (χ1n) is 6.36. The summed E-state index contributed by atoms with van der Waals surface area (Å²) in [7, 11) is 0. The van der Waals surface area contributed by atoms with Crippen molar-refractivity contribution in [2.24, 2.45) is 5.73 Å². The molecule has 18 heavy (non-hydrogen) atoms. The van der Waals surface area contributed by atoms with Crippen molar-refractivity contribution < 1.29 is 4.74 Å². The average Bonchev–Trinajstić information content (AvgIpc) is 2.86. The lowest BCUT2D eigenvalue weighted by atomic mass is 9.99. The third kappa shape index (κ3) is 2.00. The molecule has 1 aliphatic rings. The highest BCUT2D eigenvalue weighted by molar-refractivity contribution is 5.66. The maximum Gasteiger partial charge on any atom is 0.122 e. The first-order chi connectivity index (χ1) is 8.74. The fourth-order valence-corrected chi connectivity index (χ4v) is 2.35. The summed E-state index contributed by atoms with van der Waals surface area (Å²) in [4.78, 5) is 0. The molecule has 0 bridgehead atoms. The normalized spacial score (nSPS) is 15.0. The van der Waals surface area contributed by atoms with Gasteiger partial charge in [-0.2, -0.15) is 0 Å². The first-order valence-corrected chi connectivity index (χ1v) is 6.36. The highest BCUT2D eigenvalue weighted by Crippen LogP contribution is 2.30. The van der Waals surface area contributed by atoms with Crippen molar-refractivity contribution in [3.05, 3.63) is 53.6 Å². The molecule has 3 rings (SSSR count). The van der Waals surface area contributed by atoms with E-state index in [1.54, 1.807) is 0 Å². The number of fused-ring (bicyclic) bond motifs is 1. The number of benzene rings is 2. The van der Waals surface area contributed by atoms with E-state index in [0.29, 0.717) is 0 Å². The zero-order valence-corrected chi connectivity index (χ0v) is 10.5. The molecule has 0 fully saturated rings. The van der Waals surface area contributed by atoms with Crippen LogP contribution in [0, 0.1) is 0 Å². The quantitative estimate of drug-likeness (QED) is 0.872. The Morgan fingerprint density at radius 3 is 2.50 bits per heavy atom. The van der Waals surface area contributed by atoms with Gasteiger partial charge in [-0.15, -0.1) is 0 Å². The maximum atomic E-state index is 5.86. The summed E-state index contributed by atoms with van der Waals surface area (Å²) in [6.45, 7) is 2.81. The number of rotatable bonds is 2. The third-order valence-electron chi connectivity index (χ3n) is 3.46. The highest BCUT2D eigenvalue weighted by Gasteiger charge is 2.12. The molecule has 0 saturated heterocycles. The van der Waals surface area contributed by atoms with Crippen LogP contribution in [-0.2, 0) is 6.42 Å². The van der Waals surface area contributed by atoms with Gasteiger partial charge in [0.2, 0.25) is 0 Å². The van der Waals surface area contributed by atoms with Crippen LogP contribution < -0.4 is 10.5 Å². The van der Waals surface area contributed by atoms with E-state index in [0.717, 1.165) is 18.8 Å². The van der Waals surface area contributed by atoms with Gasteiger partial charge < -0.3 is 10.5 Å². The van der Waals surface area contributed by atoms with Crippen LogP contribution in [-0.4, -0.2) is 6.61 Å². The second kappa shape index (κ2) is 4.46. The van der Waals surface area contributed by atoms with E-state index in [1.807, 2.05) is 6.92 Å². The van der Waals surface area contributed by atoms with Crippen LogP contribution in [0.5, 0.6) is 5.75 Å². The van der Waals surface area contributed by atoms with Crippen LogP contribution in [0.25, 0.3) is 11.1 Å². The molecule has 2 aromatic carbocycles. The molecule has 0 aliphatic carbocycles. The van der Waals surface area contributed by atoms with Gasteiger partial charge in [-0.3, -0.25) is 0 Å². The van der Waals surface area contributed by atoms with Gasteiger partial charge in [0.05, 0.1) is 6.61 Å². The third-order valence-corrected chi connectivity index (χ3v) is 3.46. The van der Waals surface area contributed by atoms with Gasteiger partial charge in [-0.1, -0.05) is 30.3 Å². The number of nitrogens with two attached hydrogens (primary N) is 1. The first kappa shape index (κ1) is 11.3. The molecular formula is C16H17NO. The van der Waals surface area contributed by atoms with Crippen molar-refractivity contribution in [3.8, 4) is 16.9 Å². The Hall–Kier alpha value is -1.80. The molecule has 0 saturated carbocycles. The maximum absolute atomic E-state index is 5.86. The van der Waals surface area contributed by atoms with Crippen molar-refractivity contribution in [1.82, 2.24) is 0 Å². The largest absolute Gasteiger partial charge is 0.493 e. The molecule has 0 radical (unpaired) electrons. The number of hydrogen-bond donors (Lipinski definition) is 1. The second-order valence-corrected chi connectivity index (χ2v) is 4.83. The molecule has 1 aliphatic heterocycles. The molecule has 2 aromatic rings. The zero-order chi connectivity index (χ0) is 12.5. The monoisotopic (exact) mass is 239 g/mol. The lowest BCUT2D eigenvalue weighted by Gasteiger charge is -2.08. The van der Waals surface area contributed by atoms with Gasteiger partial charge in [-0.25, -0.2) is 0 Å². The second-order valence-electron chi connectivity index (χ2n) is 4.83. The Balaban J connectivity index is 1.95. The lowest BCUT2D eigenvalue weighted by molar-refractivity contribution is 0.357. The Morgan fingerprint density at radius 1 is 1.06 bits per heavy atom. The van der Waals surface area contributed by atoms with E-state index in [1.165, 1.54) is 22.3 Å². The Bertz CT molecular complexity index is 558. The fourth-order valence-electron chi connectivity index (χ4n) is 2.35. The Morgan fingerprint density at radius 2 is 1.78 bits per heavy atom. The molecule has 1 heterocycles. The molecule has 2 heteroatoms. The minimum absolute atomic E-state index is 0.0903. The van der Waals surface area contributed by atoms with Gasteiger partial charge >= 0.3 is 0 Å². The standard InChI is InChI=1S/C16H17NO/c1-11(17)12-2-4-13(5-3-12)14-6-7-16-15(10-14)8-9-18-16/h2-7,10-11H,8-9,17H2,1H3. The van der Waals surface area contributed by atoms with Crippen LogP contribution in [0.2, 0.25) is 0 Å². The van der Waals surface area contributed by atoms with Crippen LogP contribution in [0.4, 0.5) is 0 Å². The topological polar surface area (TPSA) is 35.2 Å². The predicted octanol–water partition coefficient (Wildman–Crippen LogP) is 3.31. The highest BCUT2D eigenvalue weighted by atomic mass is 16.5. The Kier molecular flexibility index (Phi) is 2.80. The molecule has 0 aromatic heterocycles. The summed E-state index contributed by atoms with van der Waals surface area (Å²) in [6, 6.07) is 15.0. The van der Waals surface area contributed by atoms with E-state index in [4.69, 9.17) is 10.5 Å². The van der Waals surface area contributed by atoms with Crippen molar-refractivity contribution in [2.45, 2.75) is 19.4 Å². The van der Waals surface area contributed by atoms with E-state index < -0.39 is 0 Å². The van der Waals surface area contributed by atoms with Crippen molar-refractivity contribution in [2.75, 3.05) is 6.61 Å². The SMILES string of the molecule is CC(N)c1ccc(-c2ccc3c(c2)CCO3)cc1. The van der Waals surface area contributed by atoms with Gasteiger partial charge in [0.1, 0.15) is 5.75 Å². The Labute approximate surface area is 107 Å². The molecule has 0 amide bonds. The van der Waals surface area contributed by atoms with Crippen LogP contribution in [0.1, 0.15) is 24.1 Å². The summed E-state index contributed by atoms with van der Waals surface area (Å²) >= 11 is 0. The lowest BCUT2D eigenvalue weighted by Crippen LogP contribution is -2.04. The molecule has 2 nitrogen and oxygen atoms in total. The van der Waals surface area contributed by atoms with Crippen molar-refractivity contribution >= 4 is 0 Å². The average molecular weight is 239 g/mol. The number of ether oxygens (including phenoxy) is 1. The molecule has 0 spiro atoms. The summed E-state index contributed by atoms with van der Waals surface area (Å²) in [5.41, 5.74) is 10.8. The van der Waals surface area contributed by atoms with Gasteiger partial charge in [0, 0.05) is 12.5 Å². The molecule has 1 unspecified atom stereocenters. The van der Waals surface area contributed by atoms with E-state index in [2.05, 4.69) is 42.5 Å². The van der Waals surface area contributed by atoms with E-state index in [-0.39, 0.29) is 6.04 Å². The fraction of sp³-hybridized carbons (Fsp3) is 0.250. The van der Waals surface area contributed by atoms with Crippen molar-refractivity contribution in [3.63, 3.8) is 0 Å². The number of hydrogen-bond acceptors (Lipinski definition) is 2. The zero-order valence-electron chi connectivity index (χ0n) is 10.5. The van der Waals surface area contributed by atoms with Crippen molar-refractivity contribution in [1.29, 1.82) is 0 Å². The predicted molar refractivity (Wildman–Crippen MR) is 73.7 cm³/mol. The minimum atomic E-state index is 0.0903. The van der Waals surface area contributed by atoms with Crippen LogP contribution in [0.3, 0.4) is 0 Å². The summed E-state index contributed by atoms with van der Waals surface area (Å²) < 4.78 is 5.52. The summed E-state index contributed by atoms with van der Waals surface area (Å²) in [6.07, 6.45) is 1.01. The minimum Gasteiger partial charge on any atom is -0.493 e. The smallest absolute Gasteiger partial charge is 0.122 e. The van der Waals surface area contributed by atoms with Gasteiger partial charge in [0.15, 0.2) is 0 Å². The van der Waals surface area contributed by atoms with E-state index >= 15 is 0 Å². The summed E-state index contributed by atoms with van der Waals surface area (Å²) in [5, 5.41) is 0. The molecule has 2 N–H and O–H groups in total. The molecular weight excluding hydrogens is 222 g/mol. The molecule has 1 atom stereocenters. The van der Waals surface area contributed by atoms with E-state index in [9.17, 15) is 0 Å². The summed E-state index contributed by atoms with van der Waals surface area (Å²) in [5.74, 6) is 1.03. The van der Waals surface area contributed by atoms with Gasteiger partial charge in [-0.05, 0) is 41.3 Å². The van der Waals surface area contributed by atoms with Crippen LogP contribution in [0.15, 0.2) is 42.5 Å². The van der Waals surface area contributed by atoms with Crippen LogP contribution >= 0.6 is 0 Å². The molecule has 92 valence electrons.